The number of likely N-dealkylation sites (N-methyl/N-ethyl adjacent to an activating group) is 1. The van der Waals surface area contributed by atoms with Crippen molar-refractivity contribution in [3.8, 4) is 11.3 Å². The van der Waals surface area contributed by atoms with Crippen molar-refractivity contribution in [2.24, 2.45) is 7.05 Å². The molecular formula is C18H26N4O4S. The van der Waals surface area contributed by atoms with Gasteiger partial charge in [0.1, 0.15) is 0 Å². The largest absolute Gasteiger partial charge is 0.394 e. The molecule has 2 heterocycles. The number of sulfonamides is 1. The Morgan fingerprint density at radius 2 is 2.04 bits per heavy atom. The highest BCUT2D eigenvalue weighted by Gasteiger charge is 2.41. The van der Waals surface area contributed by atoms with Gasteiger partial charge in [0.2, 0.25) is 0 Å². The SMILES string of the molecule is C[C@@H]1COC[C@@](CO)(CNS(=O)(=O)c2cc(-c3ccccc3)nn2C)N1C. The molecule has 0 amide bonds. The van der Waals surface area contributed by atoms with Crippen molar-refractivity contribution in [2.45, 2.75) is 23.5 Å². The van der Waals surface area contributed by atoms with Gasteiger partial charge in [-0.25, -0.2) is 13.1 Å². The average molecular weight is 394 g/mol. The van der Waals surface area contributed by atoms with Crippen molar-refractivity contribution in [1.29, 1.82) is 0 Å². The summed E-state index contributed by atoms with van der Waals surface area (Å²) in [6.07, 6.45) is 0. The van der Waals surface area contributed by atoms with Crippen LogP contribution in [0.25, 0.3) is 11.3 Å². The fourth-order valence-electron chi connectivity index (χ4n) is 3.24. The number of nitrogens with one attached hydrogen (secondary N) is 1. The van der Waals surface area contributed by atoms with Gasteiger partial charge in [0.25, 0.3) is 10.0 Å². The van der Waals surface area contributed by atoms with Crippen LogP contribution >= 0.6 is 0 Å². The number of nitrogens with zero attached hydrogens (tertiary/aromatic N) is 3. The Morgan fingerprint density at radius 1 is 1.33 bits per heavy atom. The molecule has 27 heavy (non-hydrogen) atoms. The number of hydrogen-bond acceptors (Lipinski definition) is 6. The lowest BCUT2D eigenvalue weighted by Gasteiger charge is -2.47. The van der Waals surface area contributed by atoms with Gasteiger partial charge in [-0.15, -0.1) is 0 Å². The molecule has 0 bridgehead atoms. The molecule has 0 radical (unpaired) electrons. The summed E-state index contributed by atoms with van der Waals surface area (Å²) >= 11 is 0. The van der Waals surface area contributed by atoms with Crippen LogP contribution in [0.2, 0.25) is 0 Å². The molecule has 2 atom stereocenters. The molecule has 3 rings (SSSR count). The van der Waals surface area contributed by atoms with Crippen LogP contribution in [0.4, 0.5) is 0 Å². The zero-order valence-corrected chi connectivity index (χ0v) is 16.6. The third-order valence-corrected chi connectivity index (χ3v) is 6.66. The summed E-state index contributed by atoms with van der Waals surface area (Å²) in [6, 6.07) is 11.0. The van der Waals surface area contributed by atoms with E-state index in [9.17, 15) is 13.5 Å². The van der Waals surface area contributed by atoms with Gasteiger partial charge < -0.3 is 9.84 Å². The zero-order chi connectivity index (χ0) is 19.7. The van der Waals surface area contributed by atoms with Crippen LogP contribution in [0, 0.1) is 0 Å². The van der Waals surface area contributed by atoms with Gasteiger partial charge in [0, 0.05) is 31.3 Å². The molecule has 0 saturated carbocycles. The van der Waals surface area contributed by atoms with E-state index in [1.54, 1.807) is 13.1 Å². The van der Waals surface area contributed by atoms with Crippen LogP contribution in [0.15, 0.2) is 41.4 Å². The van der Waals surface area contributed by atoms with E-state index in [2.05, 4.69) is 9.82 Å². The lowest BCUT2D eigenvalue weighted by atomic mass is 9.96. The standard InChI is InChI=1S/C18H26N4O4S/c1-14-10-26-13-18(12-23,21(14)2)11-19-27(24,25)17-9-16(20-22(17)3)15-7-5-4-6-8-15/h4-9,14,19,23H,10-13H2,1-3H3/t14-,18+/m1/s1. The monoisotopic (exact) mass is 394 g/mol. The second-order valence-corrected chi connectivity index (χ2v) is 8.75. The Balaban J connectivity index is 1.82. The first-order valence-corrected chi connectivity index (χ1v) is 10.3. The second-order valence-electron chi connectivity index (χ2n) is 7.04. The van der Waals surface area contributed by atoms with E-state index < -0.39 is 15.6 Å². The number of morpholine rings is 1. The molecule has 1 aromatic heterocycles. The highest BCUT2D eigenvalue weighted by atomic mass is 32.2. The van der Waals surface area contributed by atoms with Gasteiger partial charge in [-0.3, -0.25) is 9.58 Å². The van der Waals surface area contributed by atoms with E-state index in [0.29, 0.717) is 12.3 Å². The number of aliphatic hydroxyl groups is 1. The minimum Gasteiger partial charge on any atom is -0.394 e. The van der Waals surface area contributed by atoms with Gasteiger partial charge in [0.05, 0.1) is 31.1 Å². The molecule has 1 aliphatic rings. The van der Waals surface area contributed by atoms with Crippen LogP contribution in [-0.4, -0.2) is 73.2 Å². The molecule has 1 aliphatic heterocycles. The van der Waals surface area contributed by atoms with Crippen molar-refractivity contribution >= 4 is 10.0 Å². The summed E-state index contributed by atoms with van der Waals surface area (Å²) in [5.74, 6) is 0. The molecule has 148 valence electrons. The maximum atomic E-state index is 12.9. The van der Waals surface area contributed by atoms with Gasteiger partial charge in [-0.2, -0.15) is 5.10 Å². The fourth-order valence-corrected chi connectivity index (χ4v) is 4.51. The lowest BCUT2D eigenvalue weighted by Crippen LogP contribution is -2.65. The van der Waals surface area contributed by atoms with Gasteiger partial charge >= 0.3 is 0 Å². The minimum atomic E-state index is -3.81. The molecule has 2 N–H and O–H groups in total. The summed E-state index contributed by atoms with van der Waals surface area (Å²) in [5, 5.41) is 14.3. The molecule has 1 aromatic carbocycles. The van der Waals surface area contributed by atoms with E-state index in [1.807, 2.05) is 49.2 Å². The van der Waals surface area contributed by atoms with Crippen LogP contribution < -0.4 is 4.72 Å². The zero-order valence-electron chi connectivity index (χ0n) is 15.8. The predicted molar refractivity (Wildman–Crippen MR) is 102 cm³/mol. The van der Waals surface area contributed by atoms with Crippen molar-refractivity contribution in [3.63, 3.8) is 0 Å². The number of ether oxygens (including phenoxy) is 1. The average Bonchev–Trinajstić information content (AvgIpc) is 3.07. The van der Waals surface area contributed by atoms with Crippen molar-refractivity contribution in [2.75, 3.05) is 33.4 Å². The topological polar surface area (TPSA) is 96.7 Å². The second kappa shape index (κ2) is 7.69. The first kappa shape index (κ1) is 20.0. The van der Waals surface area contributed by atoms with Crippen molar-refractivity contribution in [3.05, 3.63) is 36.4 Å². The molecule has 0 unspecified atom stereocenters. The Morgan fingerprint density at radius 3 is 2.70 bits per heavy atom. The maximum Gasteiger partial charge on any atom is 0.257 e. The first-order valence-electron chi connectivity index (χ1n) is 8.80. The van der Waals surface area contributed by atoms with E-state index >= 15 is 0 Å². The Kier molecular flexibility index (Phi) is 5.68. The molecule has 2 aromatic rings. The highest BCUT2D eigenvalue weighted by molar-refractivity contribution is 7.89. The lowest BCUT2D eigenvalue weighted by molar-refractivity contribution is -0.104. The van der Waals surface area contributed by atoms with Gasteiger partial charge in [-0.1, -0.05) is 30.3 Å². The summed E-state index contributed by atoms with van der Waals surface area (Å²) in [7, 11) is -0.341. The number of hydrogen-bond donors (Lipinski definition) is 2. The predicted octanol–water partition coefficient (Wildman–Crippen LogP) is 0.447. The van der Waals surface area contributed by atoms with Crippen LogP contribution in [0.3, 0.4) is 0 Å². The molecule has 1 fully saturated rings. The van der Waals surface area contributed by atoms with Gasteiger partial charge in [-0.05, 0) is 14.0 Å². The quantitative estimate of drug-likeness (QED) is 0.738. The molecule has 0 spiro atoms. The van der Waals surface area contributed by atoms with Crippen LogP contribution in [0.5, 0.6) is 0 Å². The smallest absolute Gasteiger partial charge is 0.257 e. The van der Waals surface area contributed by atoms with E-state index in [4.69, 9.17) is 4.74 Å². The molecular weight excluding hydrogens is 368 g/mol. The van der Waals surface area contributed by atoms with E-state index in [-0.39, 0.29) is 30.8 Å². The number of rotatable bonds is 6. The van der Waals surface area contributed by atoms with Crippen LogP contribution in [0.1, 0.15) is 6.92 Å². The first-order chi connectivity index (χ1) is 12.8. The summed E-state index contributed by atoms with van der Waals surface area (Å²) < 4.78 is 35.3. The minimum absolute atomic E-state index is 0.0402. The molecule has 0 aliphatic carbocycles. The summed E-state index contributed by atoms with van der Waals surface area (Å²) in [6.45, 7) is 2.61. The molecule has 1 saturated heterocycles. The number of aryl methyl sites for hydroxylation is 1. The summed E-state index contributed by atoms with van der Waals surface area (Å²) in [5.41, 5.74) is 0.628. The summed E-state index contributed by atoms with van der Waals surface area (Å²) in [4.78, 5) is 1.97. The van der Waals surface area contributed by atoms with Crippen molar-refractivity contribution in [1.82, 2.24) is 19.4 Å². The third-order valence-electron chi connectivity index (χ3n) is 5.21. The van der Waals surface area contributed by atoms with Gasteiger partial charge in [0.15, 0.2) is 5.03 Å². The Hall–Kier alpha value is -1.78. The number of benzene rings is 1. The van der Waals surface area contributed by atoms with Crippen LogP contribution in [-0.2, 0) is 21.8 Å². The third kappa shape index (κ3) is 3.92. The maximum absolute atomic E-state index is 12.9. The van der Waals surface area contributed by atoms with E-state index in [0.717, 1.165) is 5.56 Å². The normalized spacial score (nSPS) is 24.2. The number of aromatic nitrogens is 2. The van der Waals surface area contributed by atoms with Crippen molar-refractivity contribution < 1.29 is 18.3 Å². The highest BCUT2D eigenvalue weighted by Crippen LogP contribution is 2.24. The Bertz CT molecular complexity index is 884. The number of aliphatic hydroxyl groups excluding tert-OH is 1. The molecule has 8 nitrogen and oxygen atoms in total. The molecule has 9 heteroatoms. The Labute approximate surface area is 159 Å². The van der Waals surface area contributed by atoms with E-state index in [1.165, 1.54) is 4.68 Å². The fraction of sp³-hybridized carbons (Fsp3) is 0.500.